The number of hydrogen-bond acceptors (Lipinski definition) is 6. The number of carbonyl (C=O) groups excluding carboxylic acids is 3. The molecule has 1 heterocycles. The van der Waals surface area contributed by atoms with Crippen molar-refractivity contribution in [3.63, 3.8) is 0 Å². The topological polar surface area (TPSA) is 119 Å². The van der Waals surface area contributed by atoms with E-state index in [9.17, 15) is 24.6 Å². The number of amides is 3. The Labute approximate surface area is 268 Å². The van der Waals surface area contributed by atoms with E-state index in [1.165, 1.54) is 4.90 Å². The molecule has 0 unspecified atom stereocenters. The van der Waals surface area contributed by atoms with Crippen LogP contribution >= 0.6 is 0 Å². The summed E-state index contributed by atoms with van der Waals surface area (Å²) in [5.41, 5.74) is 1.21. The number of nitrogens with zero attached hydrogens (tertiary/aromatic N) is 2. The van der Waals surface area contributed by atoms with Crippen LogP contribution in [-0.4, -0.2) is 53.1 Å². The average Bonchev–Trinajstić information content (AvgIpc) is 3.31. The second-order valence-corrected chi connectivity index (χ2v) is 11.1. The van der Waals surface area contributed by atoms with Crippen LogP contribution in [0.1, 0.15) is 34.8 Å². The summed E-state index contributed by atoms with van der Waals surface area (Å²) in [6, 6.07) is 30.3. The summed E-state index contributed by atoms with van der Waals surface area (Å²) in [5.74, 6) is -1.21. The molecule has 9 heteroatoms. The molecule has 1 aliphatic rings. The number of benzene rings is 4. The molecule has 4 aromatic rings. The van der Waals surface area contributed by atoms with Gasteiger partial charge in [0.2, 0.25) is 5.91 Å². The van der Waals surface area contributed by atoms with Crippen LogP contribution in [0.3, 0.4) is 0 Å². The van der Waals surface area contributed by atoms with Crippen molar-refractivity contribution < 1.29 is 29.3 Å². The van der Waals surface area contributed by atoms with E-state index in [2.05, 4.69) is 5.32 Å². The molecule has 0 radical (unpaired) electrons. The molecule has 0 bridgehead atoms. The van der Waals surface area contributed by atoms with Crippen molar-refractivity contribution in [1.82, 2.24) is 4.90 Å². The van der Waals surface area contributed by atoms with E-state index in [1.54, 1.807) is 85.7 Å². The molecular weight excluding hydrogens is 582 g/mol. The van der Waals surface area contributed by atoms with Gasteiger partial charge in [-0.1, -0.05) is 67.6 Å². The quantitative estimate of drug-likeness (QED) is 0.182. The normalized spacial score (nSPS) is 16.3. The Morgan fingerprint density at radius 1 is 0.978 bits per heavy atom. The largest absolute Gasteiger partial charge is 0.497 e. The Balaban J connectivity index is 1.40. The summed E-state index contributed by atoms with van der Waals surface area (Å²) >= 11 is 0. The lowest BCUT2D eigenvalue weighted by Crippen LogP contribution is -2.42. The molecule has 0 spiro atoms. The van der Waals surface area contributed by atoms with Crippen molar-refractivity contribution in [2.75, 3.05) is 30.5 Å². The predicted molar refractivity (Wildman–Crippen MR) is 177 cm³/mol. The zero-order valence-electron chi connectivity index (χ0n) is 25.8. The number of anilines is 3. The van der Waals surface area contributed by atoms with Crippen LogP contribution in [0.4, 0.5) is 17.1 Å². The molecule has 46 heavy (non-hydrogen) atoms. The molecule has 0 saturated carbocycles. The Kier molecular flexibility index (Phi) is 9.95. The fraction of sp³-hybridized carbons (Fsp3) is 0.216. The minimum atomic E-state index is -1.99. The Morgan fingerprint density at radius 2 is 1.65 bits per heavy atom. The molecule has 5 rings (SSSR count). The van der Waals surface area contributed by atoms with E-state index >= 15 is 0 Å². The van der Waals surface area contributed by atoms with Crippen LogP contribution < -0.4 is 15.0 Å². The maximum Gasteiger partial charge on any atom is 0.268 e. The smallest absolute Gasteiger partial charge is 0.268 e. The molecule has 1 aliphatic heterocycles. The van der Waals surface area contributed by atoms with Gasteiger partial charge in [0.15, 0.2) is 5.60 Å². The zero-order chi connectivity index (χ0) is 32.7. The molecule has 236 valence electrons. The van der Waals surface area contributed by atoms with Crippen molar-refractivity contribution >= 4 is 34.8 Å². The number of para-hydroxylation sites is 1. The monoisotopic (exact) mass is 619 g/mol. The third-order valence-electron chi connectivity index (χ3n) is 8.12. The van der Waals surface area contributed by atoms with Crippen molar-refractivity contribution in [1.29, 1.82) is 0 Å². The van der Waals surface area contributed by atoms with Gasteiger partial charge in [0.1, 0.15) is 5.75 Å². The standard InChI is InChI=1S/C37H37N3O6/c1-26(10-9-15-34(42)39(22-23-41)25-27-11-5-3-6-12-27)37(45)32-24-29(38-35(43)28-16-19-31(46-2)20-17-28)18-21-33(32)40(36(37)44)30-13-7-4-8-14-30/h3-14,16-21,24,26,41,45H,15,22-23,25H2,1-2H3,(H,38,43)/b10-9+/t26-,37+/m0/s1. The maximum absolute atomic E-state index is 14.1. The van der Waals surface area contributed by atoms with E-state index in [1.807, 2.05) is 48.5 Å². The van der Waals surface area contributed by atoms with Crippen LogP contribution in [0.2, 0.25) is 0 Å². The average molecular weight is 620 g/mol. The molecule has 0 aromatic heterocycles. The van der Waals surface area contributed by atoms with Gasteiger partial charge in [0.25, 0.3) is 11.8 Å². The van der Waals surface area contributed by atoms with Gasteiger partial charge in [0, 0.05) is 47.9 Å². The number of ether oxygens (including phenoxy) is 1. The minimum absolute atomic E-state index is 0.0225. The molecule has 3 amide bonds. The van der Waals surface area contributed by atoms with Gasteiger partial charge in [-0.2, -0.15) is 0 Å². The van der Waals surface area contributed by atoms with E-state index in [4.69, 9.17) is 4.74 Å². The first-order valence-corrected chi connectivity index (χ1v) is 15.1. The van der Waals surface area contributed by atoms with E-state index < -0.39 is 17.4 Å². The van der Waals surface area contributed by atoms with Crippen LogP contribution in [0.5, 0.6) is 5.75 Å². The van der Waals surface area contributed by atoms with Gasteiger partial charge in [0.05, 0.1) is 19.4 Å². The van der Waals surface area contributed by atoms with Crippen molar-refractivity contribution in [3.8, 4) is 5.75 Å². The number of aliphatic hydroxyl groups is 2. The molecule has 4 aromatic carbocycles. The Morgan fingerprint density at radius 3 is 2.30 bits per heavy atom. The first kappa shape index (κ1) is 32.2. The summed E-state index contributed by atoms with van der Waals surface area (Å²) in [5, 5.41) is 24.6. The van der Waals surface area contributed by atoms with Gasteiger partial charge in [-0.25, -0.2) is 0 Å². The third kappa shape index (κ3) is 6.71. The highest BCUT2D eigenvalue weighted by Gasteiger charge is 2.53. The highest BCUT2D eigenvalue weighted by Crippen LogP contribution is 2.49. The second kappa shape index (κ2) is 14.2. The number of hydrogen-bond donors (Lipinski definition) is 3. The molecule has 0 fully saturated rings. The van der Waals surface area contributed by atoms with Crippen LogP contribution in [0, 0.1) is 5.92 Å². The van der Waals surface area contributed by atoms with E-state index in [0.717, 1.165) is 5.56 Å². The van der Waals surface area contributed by atoms with Crippen LogP contribution in [0.25, 0.3) is 0 Å². The van der Waals surface area contributed by atoms with Gasteiger partial charge in [-0.15, -0.1) is 0 Å². The van der Waals surface area contributed by atoms with E-state index in [-0.39, 0.29) is 31.4 Å². The fourth-order valence-corrected chi connectivity index (χ4v) is 5.59. The lowest BCUT2D eigenvalue weighted by atomic mass is 9.82. The first-order chi connectivity index (χ1) is 22.3. The molecular formula is C37H37N3O6. The Hall–Kier alpha value is -5.25. The van der Waals surface area contributed by atoms with Crippen molar-refractivity contribution in [2.45, 2.75) is 25.5 Å². The highest BCUT2D eigenvalue weighted by molar-refractivity contribution is 6.13. The van der Waals surface area contributed by atoms with E-state index in [0.29, 0.717) is 40.5 Å². The number of carbonyl (C=O) groups is 3. The van der Waals surface area contributed by atoms with Gasteiger partial charge in [-0.3, -0.25) is 19.3 Å². The minimum Gasteiger partial charge on any atom is -0.497 e. The van der Waals surface area contributed by atoms with Gasteiger partial charge >= 0.3 is 0 Å². The highest BCUT2D eigenvalue weighted by atomic mass is 16.5. The van der Waals surface area contributed by atoms with Crippen molar-refractivity contribution in [2.24, 2.45) is 5.92 Å². The molecule has 0 aliphatic carbocycles. The number of nitrogens with one attached hydrogen (secondary N) is 1. The third-order valence-corrected chi connectivity index (χ3v) is 8.12. The number of rotatable bonds is 12. The lowest BCUT2D eigenvalue weighted by molar-refractivity contribution is -0.138. The summed E-state index contributed by atoms with van der Waals surface area (Å²) in [6.45, 7) is 2.09. The van der Waals surface area contributed by atoms with Crippen LogP contribution in [-0.2, 0) is 21.7 Å². The molecule has 0 saturated heterocycles. The summed E-state index contributed by atoms with van der Waals surface area (Å²) < 4.78 is 5.17. The number of aliphatic hydroxyl groups excluding tert-OH is 1. The maximum atomic E-state index is 14.1. The summed E-state index contributed by atoms with van der Waals surface area (Å²) in [6.07, 6.45) is 3.33. The van der Waals surface area contributed by atoms with Gasteiger partial charge < -0.3 is 25.2 Å². The second-order valence-electron chi connectivity index (χ2n) is 11.1. The predicted octanol–water partition coefficient (Wildman–Crippen LogP) is 5.42. The SMILES string of the molecule is COc1ccc(C(=O)Nc2ccc3c(c2)[C@](O)([C@@H](C)/C=C/CC(=O)N(CCO)Cc2ccccc2)C(=O)N3c2ccccc2)cc1. The molecule has 2 atom stereocenters. The summed E-state index contributed by atoms with van der Waals surface area (Å²) in [4.78, 5) is 43.2. The molecule has 9 nitrogen and oxygen atoms in total. The number of methoxy groups -OCH3 is 1. The lowest BCUT2D eigenvalue weighted by Gasteiger charge is -2.28. The first-order valence-electron chi connectivity index (χ1n) is 15.1. The summed E-state index contributed by atoms with van der Waals surface area (Å²) in [7, 11) is 1.55. The van der Waals surface area contributed by atoms with Crippen molar-refractivity contribution in [3.05, 3.63) is 132 Å². The Bertz CT molecular complexity index is 1710. The van der Waals surface area contributed by atoms with Gasteiger partial charge in [-0.05, 0) is 60.2 Å². The zero-order valence-corrected chi connectivity index (χ0v) is 25.8. The van der Waals surface area contributed by atoms with Crippen LogP contribution in [0.15, 0.2) is 115 Å². The molecule has 3 N–H and O–H groups in total. The fourth-order valence-electron chi connectivity index (χ4n) is 5.59. The number of fused-ring (bicyclic) bond motifs is 1.